The first-order chi connectivity index (χ1) is 5.46. The third-order valence-electron chi connectivity index (χ3n) is 2.44. The molecule has 0 nitrogen and oxygen atoms in total. The van der Waals surface area contributed by atoms with Crippen molar-refractivity contribution >= 4 is 38.5 Å². The van der Waals surface area contributed by atoms with Crippen molar-refractivity contribution in [2.45, 2.75) is 27.7 Å². The fraction of sp³-hybridized carbons (Fsp3) is 0.400. The summed E-state index contributed by atoms with van der Waals surface area (Å²) in [5, 5.41) is 0. The quantitative estimate of drug-likeness (QED) is 0.619. The minimum atomic E-state index is 1.26. The van der Waals surface area contributed by atoms with E-state index in [0.717, 1.165) is 0 Å². The molecule has 0 aromatic heterocycles. The number of rotatable bonds is 0. The van der Waals surface area contributed by atoms with Crippen LogP contribution in [0.4, 0.5) is 0 Å². The zero-order valence-electron chi connectivity index (χ0n) is 7.76. The first-order valence-corrected chi connectivity index (χ1v) is 5.75. The molecule has 0 aliphatic rings. The molecule has 0 aliphatic carbocycles. The topological polar surface area (TPSA) is 0 Å². The summed E-state index contributed by atoms with van der Waals surface area (Å²) in [7, 11) is 0. The SMILES string of the molecule is Cc1c(C)c(I)c(C)c(C)c1Br. The van der Waals surface area contributed by atoms with Crippen LogP contribution in [0.3, 0.4) is 0 Å². The molecule has 0 aliphatic heterocycles. The summed E-state index contributed by atoms with van der Waals surface area (Å²) in [6.07, 6.45) is 0. The predicted octanol–water partition coefficient (Wildman–Crippen LogP) is 4.29. The van der Waals surface area contributed by atoms with Crippen LogP contribution in [-0.2, 0) is 0 Å². The molecule has 1 aromatic rings. The van der Waals surface area contributed by atoms with Crippen molar-refractivity contribution in [1.29, 1.82) is 0 Å². The maximum atomic E-state index is 3.61. The van der Waals surface area contributed by atoms with E-state index >= 15 is 0 Å². The lowest BCUT2D eigenvalue weighted by Crippen LogP contribution is -1.96. The Morgan fingerprint density at radius 2 is 1.17 bits per heavy atom. The Labute approximate surface area is 96.0 Å². The summed E-state index contributed by atoms with van der Waals surface area (Å²) in [5.74, 6) is 0. The van der Waals surface area contributed by atoms with E-state index in [-0.39, 0.29) is 0 Å². The Balaban J connectivity index is 3.60. The summed E-state index contributed by atoms with van der Waals surface area (Å²) >= 11 is 6.03. The standard InChI is InChI=1S/C10H12BrI/c1-5-7(3)10(12)8(4)6(2)9(5)11/h1-4H3. The van der Waals surface area contributed by atoms with Crippen LogP contribution < -0.4 is 0 Å². The lowest BCUT2D eigenvalue weighted by atomic mass is 10.0. The van der Waals surface area contributed by atoms with Gasteiger partial charge in [0.15, 0.2) is 0 Å². The first kappa shape index (κ1) is 10.5. The molecule has 0 fully saturated rings. The van der Waals surface area contributed by atoms with E-state index in [2.05, 4.69) is 66.2 Å². The molecular formula is C10H12BrI. The van der Waals surface area contributed by atoms with Gasteiger partial charge in [0, 0.05) is 8.04 Å². The molecule has 0 amide bonds. The lowest BCUT2D eigenvalue weighted by Gasteiger charge is -2.13. The van der Waals surface area contributed by atoms with Gasteiger partial charge in [-0.15, -0.1) is 0 Å². The number of hydrogen-bond acceptors (Lipinski definition) is 0. The molecule has 0 radical (unpaired) electrons. The van der Waals surface area contributed by atoms with Gasteiger partial charge in [-0.2, -0.15) is 0 Å². The fourth-order valence-electron chi connectivity index (χ4n) is 1.22. The number of hydrogen-bond donors (Lipinski definition) is 0. The third-order valence-corrected chi connectivity index (χ3v) is 5.25. The Bertz CT molecular complexity index is 224. The number of benzene rings is 1. The van der Waals surface area contributed by atoms with Gasteiger partial charge in [-0.25, -0.2) is 0 Å². The van der Waals surface area contributed by atoms with Crippen LogP contribution in [0, 0.1) is 31.3 Å². The molecule has 0 bridgehead atoms. The van der Waals surface area contributed by atoms with Crippen molar-refractivity contribution in [3.8, 4) is 0 Å². The molecule has 0 heterocycles. The molecule has 0 N–H and O–H groups in total. The molecule has 0 spiro atoms. The summed E-state index contributed by atoms with van der Waals surface area (Å²) in [4.78, 5) is 0. The van der Waals surface area contributed by atoms with Crippen LogP contribution in [0.1, 0.15) is 22.3 Å². The van der Waals surface area contributed by atoms with E-state index in [1.165, 1.54) is 30.3 Å². The minimum absolute atomic E-state index is 1.26. The highest BCUT2D eigenvalue weighted by atomic mass is 127. The molecule has 0 saturated heterocycles. The Kier molecular flexibility index (Phi) is 3.21. The van der Waals surface area contributed by atoms with Crippen molar-refractivity contribution in [2.24, 2.45) is 0 Å². The second-order valence-corrected chi connectivity index (χ2v) is 5.00. The van der Waals surface area contributed by atoms with Gasteiger partial charge in [0.1, 0.15) is 0 Å². The summed E-state index contributed by atoms with van der Waals surface area (Å²) in [6.45, 7) is 8.67. The van der Waals surface area contributed by atoms with Crippen LogP contribution in [-0.4, -0.2) is 0 Å². The molecular weight excluding hydrogens is 327 g/mol. The maximum Gasteiger partial charge on any atom is 0.0239 e. The van der Waals surface area contributed by atoms with Crippen LogP contribution in [0.15, 0.2) is 4.47 Å². The van der Waals surface area contributed by atoms with Crippen LogP contribution in [0.5, 0.6) is 0 Å². The fourth-order valence-corrected chi connectivity index (χ4v) is 2.62. The molecule has 1 aromatic carbocycles. The van der Waals surface area contributed by atoms with Gasteiger partial charge in [0.25, 0.3) is 0 Å². The van der Waals surface area contributed by atoms with Gasteiger partial charge in [-0.3, -0.25) is 0 Å². The van der Waals surface area contributed by atoms with E-state index in [1.54, 1.807) is 0 Å². The Morgan fingerprint density at radius 1 is 0.833 bits per heavy atom. The molecule has 1 rings (SSSR count). The van der Waals surface area contributed by atoms with E-state index in [9.17, 15) is 0 Å². The lowest BCUT2D eigenvalue weighted by molar-refractivity contribution is 1.19. The van der Waals surface area contributed by atoms with Gasteiger partial charge in [0.05, 0.1) is 0 Å². The van der Waals surface area contributed by atoms with E-state index in [0.29, 0.717) is 0 Å². The predicted molar refractivity (Wildman–Crippen MR) is 65.8 cm³/mol. The molecule has 0 atom stereocenters. The normalized spacial score (nSPS) is 10.5. The summed E-state index contributed by atoms with van der Waals surface area (Å²) in [5.41, 5.74) is 5.51. The molecule has 0 saturated carbocycles. The monoisotopic (exact) mass is 338 g/mol. The Morgan fingerprint density at radius 3 is 1.50 bits per heavy atom. The molecule has 12 heavy (non-hydrogen) atoms. The average Bonchev–Trinajstić information content (AvgIpc) is 2.08. The zero-order valence-corrected chi connectivity index (χ0v) is 11.5. The minimum Gasteiger partial charge on any atom is -0.0502 e. The smallest absolute Gasteiger partial charge is 0.0239 e. The second-order valence-electron chi connectivity index (χ2n) is 3.13. The highest BCUT2D eigenvalue weighted by Crippen LogP contribution is 2.31. The highest BCUT2D eigenvalue weighted by Gasteiger charge is 2.10. The average molecular weight is 339 g/mol. The van der Waals surface area contributed by atoms with Crippen molar-refractivity contribution in [1.82, 2.24) is 0 Å². The number of halogens is 2. The van der Waals surface area contributed by atoms with E-state index < -0.39 is 0 Å². The van der Waals surface area contributed by atoms with Gasteiger partial charge in [-0.1, -0.05) is 15.9 Å². The third kappa shape index (κ3) is 1.55. The largest absolute Gasteiger partial charge is 0.0502 e. The van der Waals surface area contributed by atoms with Gasteiger partial charge < -0.3 is 0 Å². The van der Waals surface area contributed by atoms with E-state index in [1.807, 2.05) is 0 Å². The summed E-state index contributed by atoms with van der Waals surface area (Å²) < 4.78 is 2.66. The van der Waals surface area contributed by atoms with Crippen molar-refractivity contribution in [3.05, 3.63) is 30.3 Å². The molecule has 0 unspecified atom stereocenters. The van der Waals surface area contributed by atoms with Gasteiger partial charge >= 0.3 is 0 Å². The highest BCUT2D eigenvalue weighted by molar-refractivity contribution is 14.1. The second kappa shape index (κ2) is 3.66. The van der Waals surface area contributed by atoms with Crippen molar-refractivity contribution < 1.29 is 0 Å². The first-order valence-electron chi connectivity index (χ1n) is 3.88. The van der Waals surface area contributed by atoms with Gasteiger partial charge in [0.2, 0.25) is 0 Å². The van der Waals surface area contributed by atoms with E-state index in [4.69, 9.17) is 0 Å². The zero-order chi connectivity index (χ0) is 9.46. The van der Waals surface area contributed by atoms with Crippen LogP contribution in [0.25, 0.3) is 0 Å². The van der Waals surface area contributed by atoms with Gasteiger partial charge in [-0.05, 0) is 72.5 Å². The van der Waals surface area contributed by atoms with Crippen molar-refractivity contribution in [3.63, 3.8) is 0 Å². The van der Waals surface area contributed by atoms with Crippen LogP contribution in [0.2, 0.25) is 0 Å². The Hall–Kier alpha value is 0.430. The van der Waals surface area contributed by atoms with Crippen molar-refractivity contribution in [2.75, 3.05) is 0 Å². The molecule has 2 heteroatoms. The molecule has 66 valence electrons. The maximum absolute atomic E-state index is 3.61. The summed E-state index contributed by atoms with van der Waals surface area (Å²) in [6, 6.07) is 0. The van der Waals surface area contributed by atoms with Crippen LogP contribution >= 0.6 is 38.5 Å².